The van der Waals surface area contributed by atoms with Crippen molar-refractivity contribution in [3.8, 4) is 0 Å². The standard InChI is InChI=1S/C25H35FO3S/c1-6-11-24(30-5)13-10-19-20-8-7-17-14-18(28)9-12-22(17,3)25(20,26)21(29-16(2)27)15-23(19,24)4/h9,12,14,19-21H,6-8,10-11,13,15H2,1-5H3/t19-,20-,21-,22-,23-,24-,25?/m0/s1. The van der Waals surface area contributed by atoms with E-state index in [-0.39, 0.29) is 27.8 Å². The highest BCUT2D eigenvalue weighted by Crippen LogP contribution is 2.72. The molecule has 4 aliphatic rings. The summed E-state index contributed by atoms with van der Waals surface area (Å²) >= 11 is 1.94. The minimum absolute atomic E-state index is 0.0700. The number of carbonyl (C=O) groups is 2. The van der Waals surface area contributed by atoms with Gasteiger partial charge in [0.05, 0.1) is 0 Å². The van der Waals surface area contributed by atoms with Crippen molar-refractivity contribution in [1.82, 2.24) is 0 Å². The predicted molar refractivity (Wildman–Crippen MR) is 119 cm³/mol. The Morgan fingerprint density at radius 3 is 2.67 bits per heavy atom. The summed E-state index contributed by atoms with van der Waals surface area (Å²) in [7, 11) is 0. The molecule has 30 heavy (non-hydrogen) atoms. The highest BCUT2D eigenvalue weighted by molar-refractivity contribution is 8.00. The Kier molecular flexibility index (Phi) is 5.32. The van der Waals surface area contributed by atoms with Crippen LogP contribution >= 0.6 is 11.8 Å². The lowest BCUT2D eigenvalue weighted by Gasteiger charge is -2.63. The second-order valence-corrected chi connectivity index (χ2v) is 11.5. The molecule has 4 aliphatic carbocycles. The Labute approximate surface area is 184 Å². The first kappa shape index (κ1) is 22.1. The number of ketones is 1. The molecule has 0 bridgehead atoms. The first-order valence-electron chi connectivity index (χ1n) is 11.4. The maximum atomic E-state index is 17.6. The summed E-state index contributed by atoms with van der Waals surface area (Å²) in [4.78, 5) is 24.2. The molecular formula is C25H35FO3S. The van der Waals surface area contributed by atoms with Gasteiger partial charge in [-0.1, -0.05) is 31.9 Å². The monoisotopic (exact) mass is 434 g/mol. The summed E-state index contributed by atoms with van der Waals surface area (Å²) in [5.74, 6) is -0.403. The smallest absolute Gasteiger partial charge is 0.303 e. The van der Waals surface area contributed by atoms with Crippen LogP contribution in [0.2, 0.25) is 0 Å². The average molecular weight is 435 g/mol. The molecule has 3 saturated carbocycles. The van der Waals surface area contributed by atoms with Crippen molar-refractivity contribution < 1.29 is 18.7 Å². The second kappa shape index (κ2) is 7.21. The second-order valence-electron chi connectivity index (χ2n) is 10.3. The number of alkyl halides is 1. The Hall–Kier alpha value is -1.10. The number of fused-ring (bicyclic) bond motifs is 5. The average Bonchev–Trinajstić information content (AvgIpc) is 2.96. The molecule has 0 amide bonds. The van der Waals surface area contributed by atoms with Gasteiger partial charge in [-0.3, -0.25) is 9.59 Å². The van der Waals surface area contributed by atoms with Gasteiger partial charge in [0.25, 0.3) is 0 Å². The lowest BCUT2D eigenvalue weighted by atomic mass is 9.45. The first-order chi connectivity index (χ1) is 14.1. The molecule has 4 rings (SSSR count). The van der Waals surface area contributed by atoms with Crippen molar-refractivity contribution in [1.29, 1.82) is 0 Å². The zero-order valence-corrected chi connectivity index (χ0v) is 19.7. The normalized spacial score (nSPS) is 47.2. The van der Waals surface area contributed by atoms with Crippen molar-refractivity contribution >= 4 is 23.5 Å². The summed E-state index contributed by atoms with van der Waals surface area (Å²) in [6, 6.07) is 0. The van der Waals surface area contributed by atoms with Gasteiger partial charge < -0.3 is 4.74 Å². The number of thioether (sulfide) groups is 1. The van der Waals surface area contributed by atoms with Gasteiger partial charge in [0.2, 0.25) is 0 Å². The molecule has 0 radical (unpaired) electrons. The number of rotatable bonds is 4. The zero-order valence-electron chi connectivity index (χ0n) is 18.9. The van der Waals surface area contributed by atoms with Crippen molar-refractivity contribution in [2.75, 3.05) is 6.26 Å². The van der Waals surface area contributed by atoms with E-state index in [0.29, 0.717) is 12.8 Å². The van der Waals surface area contributed by atoms with Crippen molar-refractivity contribution in [3.05, 3.63) is 23.8 Å². The molecule has 3 fully saturated rings. The number of esters is 1. The van der Waals surface area contributed by atoms with Crippen LogP contribution in [0.3, 0.4) is 0 Å². The fourth-order valence-electron chi connectivity index (χ4n) is 7.83. The number of hydrogen-bond acceptors (Lipinski definition) is 4. The highest BCUT2D eigenvalue weighted by atomic mass is 32.2. The van der Waals surface area contributed by atoms with Gasteiger partial charge in [0, 0.05) is 23.0 Å². The van der Waals surface area contributed by atoms with Crippen LogP contribution in [0.1, 0.15) is 72.6 Å². The first-order valence-corrected chi connectivity index (χ1v) is 12.7. The topological polar surface area (TPSA) is 43.4 Å². The molecule has 0 spiro atoms. The van der Waals surface area contributed by atoms with Gasteiger partial charge in [-0.25, -0.2) is 4.39 Å². The summed E-state index contributed by atoms with van der Waals surface area (Å²) in [6.45, 7) is 7.86. The molecule has 0 N–H and O–H groups in total. The van der Waals surface area contributed by atoms with E-state index in [1.165, 1.54) is 13.0 Å². The largest absolute Gasteiger partial charge is 0.459 e. The van der Waals surface area contributed by atoms with Crippen LogP contribution in [0.5, 0.6) is 0 Å². The van der Waals surface area contributed by atoms with Crippen LogP contribution in [-0.4, -0.2) is 34.5 Å². The molecule has 7 atom stereocenters. The van der Waals surface area contributed by atoms with E-state index in [2.05, 4.69) is 20.1 Å². The van der Waals surface area contributed by atoms with E-state index < -0.39 is 23.2 Å². The van der Waals surface area contributed by atoms with Gasteiger partial charge in [-0.05, 0) is 75.2 Å². The summed E-state index contributed by atoms with van der Waals surface area (Å²) in [6.07, 6.45) is 12.6. The minimum atomic E-state index is -1.69. The molecule has 166 valence electrons. The summed E-state index contributed by atoms with van der Waals surface area (Å²) < 4.78 is 23.5. The van der Waals surface area contributed by atoms with Crippen LogP contribution in [0.15, 0.2) is 23.8 Å². The maximum Gasteiger partial charge on any atom is 0.303 e. The Morgan fingerprint density at radius 2 is 2.03 bits per heavy atom. The van der Waals surface area contributed by atoms with Crippen LogP contribution in [-0.2, 0) is 14.3 Å². The molecule has 0 aromatic rings. The molecule has 0 saturated heterocycles. The molecule has 3 nitrogen and oxygen atoms in total. The van der Waals surface area contributed by atoms with E-state index in [1.54, 1.807) is 12.2 Å². The third-order valence-corrected chi connectivity index (χ3v) is 10.9. The van der Waals surface area contributed by atoms with E-state index in [0.717, 1.165) is 37.7 Å². The fourth-order valence-corrected chi connectivity index (χ4v) is 9.26. The van der Waals surface area contributed by atoms with Gasteiger partial charge in [0.15, 0.2) is 11.5 Å². The van der Waals surface area contributed by atoms with Crippen LogP contribution in [0.25, 0.3) is 0 Å². The minimum Gasteiger partial charge on any atom is -0.459 e. The molecule has 0 heterocycles. The lowest BCUT2D eigenvalue weighted by molar-refractivity contribution is -0.211. The lowest BCUT2D eigenvalue weighted by Crippen LogP contribution is -2.68. The number of carbonyl (C=O) groups excluding carboxylic acids is 2. The van der Waals surface area contributed by atoms with Gasteiger partial charge in [-0.15, -0.1) is 0 Å². The van der Waals surface area contributed by atoms with Crippen molar-refractivity contribution in [2.45, 2.75) is 89.2 Å². The SMILES string of the molecule is CCC[C@]1(SC)CC[C@H]2[C@@H]3CCC4=CC(=O)C=C[C@]4(C)C3(F)[C@@H](OC(C)=O)C[C@@]21C. The highest BCUT2D eigenvalue weighted by Gasteiger charge is 2.73. The van der Waals surface area contributed by atoms with E-state index in [4.69, 9.17) is 4.74 Å². The Bertz CT molecular complexity index is 821. The molecule has 5 heteroatoms. The van der Waals surface area contributed by atoms with Crippen molar-refractivity contribution in [3.63, 3.8) is 0 Å². The van der Waals surface area contributed by atoms with E-state index >= 15 is 4.39 Å². The molecule has 1 unspecified atom stereocenters. The molecule has 0 aliphatic heterocycles. The summed E-state index contributed by atoms with van der Waals surface area (Å²) in [5.41, 5.74) is -1.81. The number of hydrogen-bond donors (Lipinski definition) is 0. The molecule has 0 aromatic carbocycles. The summed E-state index contributed by atoms with van der Waals surface area (Å²) in [5, 5.41) is 0. The van der Waals surface area contributed by atoms with Crippen molar-refractivity contribution in [2.24, 2.45) is 22.7 Å². The third-order valence-electron chi connectivity index (χ3n) is 9.26. The number of allylic oxidation sites excluding steroid dienone is 4. The molecular weight excluding hydrogens is 399 g/mol. The zero-order chi connectivity index (χ0) is 21.9. The number of ether oxygens (including phenoxy) is 1. The van der Waals surface area contributed by atoms with Crippen LogP contribution < -0.4 is 0 Å². The van der Waals surface area contributed by atoms with E-state index in [9.17, 15) is 9.59 Å². The Balaban J connectivity index is 1.85. The fraction of sp³-hybridized carbons (Fsp3) is 0.760. The predicted octanol–water partition coefficient (Wildman–Crippen LogP) is 5.83. The van der Waals surface area contributed by atoms with Crippen LogP contribution in [0, 0.1) is 22.7 Å². The maximum absolute atomic E-state index is 17.6. The van der Waals surface area contributed by atoms with Crippen LogP contribution in [0.4, 0.5) is 4.39 Å². The third kappa shape index (κ3) is 2.69. The van der Waals surface area contributed by atoms with Gasteiger partial charge >= 0.3 is 5.97 Å². The number of halogens is 1. The molecule has 0 aromatic heterocycles. The van der Waals surface area contributed by atoms with E-state index in [1.807, 2.05) is 18.7 Å². The quantitative estimate of drug-likeness (QED) is 0.522. The van der Waals surface area contributed by atoms with Gasteiger partial charge in [-0.2, -0.15) is 11.8 Å². The Morgan fingerprint density at radius 1 is 1.30 bits per heavy atom. The van der Waals surface area contributed by atoms with Gasteiger partial charge in [0.1, 0.15) is 6.10 Å².